The van der Waals surface area contributed by atoms with Gasteiger partial charge in [-0.25, -0.2) is 0 Å². The summed E-state index contributed by atoms with van der Waals surface area (Å²) in [4.78, 5) is 12.1. The zero-order valence-corrected chi connectivity index (χ0v) is 12.8. The molecule has 0 aromatic heterocycles. The minimum atomic E-state index is 0.238. The van der Waals surface area contributed by atoms with Gasteiger partial charge in [0.25, 0.3) is 0 Å². The zero-order chi connectivity index (χ0) is 14.7. The van der Waals surface area contributed by atoms with Crippen molar-refractivity contribution in [3.63, 3.8) is 0 Å². The van der Waals surface area contributed by atoms with E-state index >= 15 is 0 Å². The quantitative estimate of drug-likeness (QED) is 0.830. The smallest absolute Gasteiger partial charge is 0.135 e. The maximum absolute atomic E-state index is 12.1. The Bertz CT molecular complexity index is 607. The molecule has 1 fully saturated rings. The summed E-state index contributed by atoms with van der Waals surface area (Å²) >= 11 is 1.89. The molecule has 1 aliphatic heterocycles. The molecule has 2 nitrogen and oxygen atoms in total. The van der Waals surface area contributed by atoms with Crippen LogP contribution < -0.4 is 4.74 Å². The fourth-order valence-electron chi connectivity index (χ4n) is 2.67. The summed E-state index contributed by atoms with van der Waals surface area (Å²) in [5.41, 5.74) is 2.45. The number of carbonyl (C=O) groups excluding carboxylic acids is 1. The van der Waals surface area contributed by atoms with Crippen molar-refractivity contribution in [2.75, 3.05) is 7.11 Å². The molecule has 108 valence electrons. The van der Waals surface area contributed by atoms with Gasteiger partial charge in [-0.2, -0.15) is 0 Å². The van der Waals surface area contributed by atoms with Crippen LogP contribution in [0.25, 0.3) is 0 Å². The van der Waals surface area contributed by atoms with E-state index < -0.39 is 0 Å². The molecule has 1 saturated heterocycles. The molecule has 0 saturated carbocycles. The Morgan fingerprint density at radius 3 is 2.05 bits per heavy atom. The minimum absolute atomic E-state index is 0.238. The van der Waals surface area contributed by atoms with Gasteiger partial charge in [0.05, 0.1) is 7.11 Å². The lowest BCUT2D eigenvalue weighted by Crippen LogP contribution is -2.15. The third-order valence-electron chi connectivity index (χ3n) is 3.81. The molecule has 21 heavy (non-hydrogen) atoms. The van der Waals surface area contributed by atoms with Crippen LogP contribution in [0.3, 0.4) is 0 Å². The van der Waals surface area contributed by atoms with Crippen molar-refractivity contribution in [1.82, 2.24) is 0 Å². The summed E-state index contributed by atoms with van der Waals surface area (Å²) in [6.45, 7) is 0. The molecular formula is C18H18O2S. The molecule has 0 spiro atoms. The summed E-state index contributed by atoms with van der Waals surface area (Å²) in [5, 5.41) is 0.502. The van der Waals surface area contributed by atoms with E-state index in [0.29, 0.717) is 18.6 Å². The van der Waals surface area contributed by atoms with Gasteiger partial charge in [0.15, 0.2) is 0 Å². The maximum atomic E-state index is 12.1. The van der Waals surface area contributed by atoms with Crippen LogP contribution in [0, 0.1) is 0 Å². The van der Waals surface area contributed by atoms with Crippen molar-refractivity contribution in [3.05, 3.63) is 65.7 Å². The Labute approximate surface area is 129 Å². The highest BCUT2D eigenvalue weighted by atomic mass is 32.2. The molecule has 1 heterocycles. The van der Waals surface area contributed by atoms with Crippen molar-refractivity contribution in [2.45, 2.75) is 23.3 Å². The second-order valence-electron chi connectivity index (χ2n) is 5.24. The van der Waals surface area contributed by atoms with Crippen molar-refractivity contribution >= 4 is 17.5 Å². The van der Waals surface area contributed by atoms with E-state index in [1.165, 1.54) is 11.1 Å². The third-order valence-corrected chi connectivity index (χ3v) is 5.35. The topological polar surface area (TPSA) is 26.3 Å². The average molecular weight is 298 g/mol. The lowest BCUT2D eigenvalue weighted by Gasteiger charge is -2.28. The largest absolute Gasteiger partial charge is 0.497 e. The normalized spacial score (nSPS) is 22.0. The first-order valence-corrected chi connectivity index (χ1v) is 8.06. The first kappa shape index (κ1) is 14.2. The summed E-state index contributed by atoms with van der Waals surface area (Å²) in [6, 6.07) is 18.4. The first-order chi connectivity index (χ1) is 10.3. The number of thioether (sulfide) groups is 1. The summed E-state index contributed by atoms with van der Waals surface area (Å²) in [6.07, 6.45) is 1.27. The predicted octanol–water partition coefficient (Wildman–Crippen LogP) is 4.57. The van der Waals surface area contributed by atoms with E-state index in [9.17, 15) is 4.79 Å². The molecule has 3 heteroatoms. The number of benzene rings is 2. The van der Waals surface area contributed by atoms with Gasteiger partial charge >= 0.3 is 0 Å². The Balaban J connectivity index is 1.81. The van der Waals surface area contributed by atoms with E-state index in [1.807, 2.05) is 42.1 Å². The molecule has 0 amide bonds. The lowest BCUT2D eigenvalue weighted by atomic mass is 10.0. The molecule has 1 aliphatic rings. The fraction of sp³-hybridized carbons (Fsp3) is 0.278. The third kappa shape index (κ3) is 3.30. The van der Waals surface area contributed by atoms with E-state index in [0.717, 1.165) is 5.75 Å². The number of ether oxygens (including phenoxy) is 1. The standard InChI is InChI=1S/C18H18O2S/c1-20-16-9-7-14(8-10-16)18-12-15(19)11-17(21-18)13-5-3-2-4-6-13/h2-10,17-18H,11-12H2,1H3/t17-,18-/m0/s1. The molecule has 2 atom stereocenters. The van der Waals surface area contributed by atoms with Crippen molar-refractivity contribution in [1.29, 1.82) is 0 Å². The lowest BCUT2D eigenvalue weighted by molar-refractivity contribution is -0.119. The number of rotatable bonds is 3. The number of hydrogen-bond acceptors (Lipinski definition) is 3. The van der Waals surface area contributed by atoms with Crippen LogP contribution in [0.15, 0.2) is 54.6 Å². The average Bonchev–Trinajstić information content (AvgIpc) is 2.55. The maximum Gasteiger partial charge on any atom is 0.135 e. The molecule has 0 aliphatic carbocycles. The van der Waals surface area contributed by atoms with Crippen molar-refractivity contribution < 1.29 is 9.53 Å². The van der Waals surface area contributed by atoms with Gasteiger partial charge in [0.1, 0.15) is 11.5 Å². The van der Waals surface area contributed by atoms with Crippen LogP contribution in [0.2, 0.25) is 0 Å². The predicted molar refractivity (Wildman–Crippen MR) is 86.8 cm³/mol. The Kier molecular flexibility index (Phi) is 4.30. The van der Waals surface area contributed by atoms with Crippen LogP contribution in [0.1, 0.15) is 34.5 Å². The molecule has 2 aromatic rings. The number of hydrogen-bond donors (Lipinski definition) is 0. The SMILES string of the molecule is COc1ccc([C@@H]2CC(=O)C[C@@H](c3ccccc3)S2)cc1. The Morgan fingerprint density at radius 2 is 1.48 bits per heavy atom. The second-order valence-corrected chi connectivity index (χ2v) is 6.65. The van der Waals surface area contributed by atoms with Crippen LogP contribution in [-0.4, -0.2) is 12.9 Å². The van der Waals surface area contributed by atoms with Crippen LogP contribution in [0.4, 0.5) is 0 Å². The number of methoxy groups -OCH3 is 1. The molecule has 0 bridgehead atoms. The van der Waals surface area contributed by atoms with Gasteiger partial charge in [-0.05, 0) is 23.3 Å². The highest BCUT2D eigenvalue weighted by molar-refractivity contribution is 7.99. The van der Waals surface area contributed by atoms with Gasteiger partial charge in [0.2, 0.25) is 0 Å². The van der Waals surface area contributed by atoms with E-state index in [2.05, 4.69) is 24.3 Å². The number of carbonyl (C=O) groups is 1. The van der Waals surface area contributed by atoms with E-state index in [1.54, 1.807) is 7.11 Å². The van der Waals surface area contributed by atoms with Gasteiger partial charge in [-0.3, -0.25) is 4.79 Å². The zero-order valence-electron chi connectivity index (χ0n) is 12.0. The fourth-order valence-corrected chi connectivity index (χ4v) is 4.26. The molecular weight excluding hydrogens is 280 g/mol. The Hall–Kier alpha value is -1.74. The second kappa shape index (κ2) is 6.35. The molecule has 0 radical (unpaired) electrons. The minimum Gasteiger partial charge on any atom is -0.497 e. The monoisotopic (exact) mass is 298 g/mol. The molecule has 0 N–H and O–H groups in total. The van der Waals surface area contributed by atoms with Gasteiger partial charge in [0, 0.05) is 23.3 Å². The summed E-state index contributed by atoms with van der Waals surface area (Å²) in [7, 11) is 1.67. The van der Waals surface area contributed by atoms with E-state index in [4.69, 9.17) is 4.74 Å². The van der Waals surface area contributed by atoms with Crippen molar-refractivity contribution in [3.8, 4) is 5.75 Å². The first-order valence-electron chi connectivity index (χ1n) is 7.12. The summed E-state index contributed by atoms with van der Waals surface area (Å²) < 4.78 is 5.19. The van der Waals surface area contributed by atoms with Gasteiger partial charge in [-0.1, -0.05) is 42.5 Å². The summed E-state index contributed by atoms with van der Waals surface area (Å²) in [5.74, 6) is 1.20. The molecule has 3 rings (SSSR count). The number of ketones is 1. The highest BCUT2D eigenvalue weighted by Crippen LogP contribution is 2.48. The Morgan fingerprint density at radius 1 is 0.905 bits per heavy atom. The highest BCUT2D eigenvalue weighted by Gasteiger charge is 2.29. The number of Topliss-reactive ketones (excluding diaryl/α,β-unsaturated/α-hetero) is 1. The van der Waals surface area contributed by atoms with Gasteiger partial charge in [-0.15, -0.1) is 11.8 Å². The van der Waals surface area contributed by atoms with Crippen LogP contribution in [-0.2, 0) is 4.79 Å². The van der Waals surface area contributed by atoms with Crippen LogP contribution >= 0.6 is 11.8 Å². The molecule has 0 unspecified atom stereocenters. The van der Waals surface area contributed by atoms with Crippen molar-refractivity contribution in [2.24, 2.45) is 0 Å². The van der Waals surface area contributed by atoms with E-state index in [-0.39, 0.29) is 10.5 Å². The van der Waals surface area contributed by atoms with Crippen LogP contribution in [0.5, 0.6) is 5.75 Å². The van der Waals surface area contributed by atoms with Gasteiger partial charge < -0.3 is 4.74 Å². The molecule has 2 aromatic carbocycles.